The third kappa shape index (κ3) is 6.98. The van der Waals surface area contributed by atoms with Gasteiger partial charge in [0.15, 0.2) is 6.61 Å². The number of rotatable bonds is 10. The van der Waals surface area contributed by atoms with Crippen LogP contribution in [0.15, 0.2) is 77.7 Å². The van der Waals surface area contributed by atoms with Crippen molar-refractivity contribution in [3.63, 3.8) is 0 Å². The van der Waals surface area contributed by atoms with Crippen LogP contribution in [0, 0.1) is 13.7 Å². The molecule has 0 amide bonds. The number of ether oxygens (including phenoxy) is 2. The highest BCUT2D eigenvalue weighted by Crippen LogP contribution is 2.23. The summed E-state index contributed by atoms with van der Waals surface area (Å²) in [5.41, 5.74) is 0.753. The van der Waals surface area contributed by atoms with E-state index in [1.165, 1.54) is 42.5 Å². The van der Waals surface area contributed by atoms with E-state index in [9.17, 15) is 23.3 Å². The van der Waals surface area contributed by atoms with Crippen LogP contribution in [0.5, 0.6) is 5.75 Å². The van der Waals surface area contributed by atoms with E-state index in [-0.39, 0.29) is 28.5 Å². The van der Waals surface area contributed by atoms with Crippen molar-refractivity contribution in [2.24, 2.45) is 0 Å². The standard InChI is InChI=1S/C23H20INO8S/c1-16(17-6-8-19(24)9-7-17)33-23(26)15-31-20-10-12-21(13-11-20)34(29,30)32-14-18-4-2-3-5-22(18)25(27)28/h2-13,16H,14-15H2,1H3. The van der Waals surface area contributed by atoms with Gasteiger partial charge in [0.2, 0.25) is 0 Å². The van der Waals surface area contributed by atoms with Crippen LogP contribution in [0.1, 0.15) is 24.2 Å². The summed E-state index contributed by atoms with van der Waals surface area (Å²) in [6, 6.07) is 18.5. The third-order valence-electron chi connectivity index (χ3n) is 4.67. The lowest BCUT2D eigenvalue weighted by molar-refractivity contribution is -0.385. The molecule has 0 heterocycles. The number of hydrogen-bond donors (Lipinski definition) is 0. The fraction of sp³-hybridized carbons (Fsp3) is 0.174. The Balaban J connectivity index is 1.54. The summed E-state index contributed by atoms with van der Waals surface area (Å²) in [5, 5.41) is 11.1. The Labute approximate surface area is 210 Å². The topological polar surface area (TPSA) is 122 Å². The number of benzene rings is 3. The maximum Gasteiger partial charge on any atom is 0.344 e. The van der Waals surface area contributed by atoms with Crippen LogP contribution in [0.4, 0.5) is 5.69 Å². The van der Waals surface area contributed by atoms with E-state index in [4.69, 9.17) is 13.7 Å². The van der Waals surface area contributed by atoms with Gasteiger partial charge in [-0.2, -0.15) is 8.42 Å². The molecule has 11 heteroatoms. The molecular weight excluding hydrogens is 577 g/mol. The molecule has 0 aliphatic heterocycles. The van der Waals surface area contributed by atoms with Crippen molar-refractivity contribution in [3.8, 4) is 5.75 Å². The van der Waals surface area contributed by atoms with Gasteiger partial charge in [-0.15, -0.1) is 0 Å². The van der Waals surface area contributed by atoms with E-state index >= 15 is 0 Å². The molecule has 178 valence electrons. The van der Waals surface area contributed by atoms with E-state index in [1.807, 2.05) is 24.3 Å². The Bertz CT molecular complexity index is 1260. The van der Waals surface area contributed by atoms with Crippen LogP contribution >= 0.6 is 22.6 Å². The van der Waals surface area contributed by atoms with Gasteiger partial charge in [-0.05, 0) is 77.5 Å². The van der Waals surface area contributed by atoms with E-state index in [1.54, 1.807) is 13.0 Å². The molecule has 3 aromatic rings. The van der Waals surface area contributed by atoms with Gasteiger partial charge in [0.05, 0.1) is 22.0 Å². The molecule has 1 unspecified atom stereocenters. The summed E-state index contributed by atoms with van der Waals surface area (Å²) in [6.45, 7) is 0.918. The second kappa shape index (κ2) is 11.4. The summed E-state index contributed by atoms with van der Waals surface area (Å²) >= 11 is 2.19. The third-order valence-corrected chi connectivity index (χ3v) is 6.67. The normalized spacial score (nSPS) is 12.1. The van der Waals surface area contributed by atoms with Gasteiger partial charge < -0.3 is 9.47 Å². The minimum absolute atomic E-state index is 0.133. The van der Waals surface area contributed by atoms with Gasteiger partial charge in [-0.1, -0.05) is 24.3 Å². The Kier molecular flexibility index (Phi) is 8.58. The number of nitro groups is 1. The minimum atomic E-state index is -4.17. The minimum Gasteiger partial charge on any atom is -0.482 e. The lowest BCUT2D eigenvalue weighted by Crippen LogP contribution is -2.17. The maximum absolute atomic E-state index is 12.4. The number of carbonyl (C=O) groups is 1. The molecule has 0 saturated heterocycles. The molecule has 0 fully saturated rings. The quantitative estimate of drug-likeness (QED) is 0.108. The molecule has 34 heavy (non-hydrogen) atoms. The summed E-state index contributed by atoms with van der Waals surface area (Å²) < 4.78 is 41.6. The van der Waals surface area contributed by atoms with Gasteiger partial charge in [-0.25, -0.2) is 4.79 Å². The van der Waals surface area contributed by atoms with Crippen LogP contribution in [0.3, 0.4) is 0 Å². The number of esters is 1. The summed E-state index contributed by atoms with van der Waals surface area (Å²) in [7, 11) is -4.17. The molecule has 1 atom stereocenters. The van der Waals surface area contributed by atoms with Gasteiger partial charge >= 0.3 is 5.97 Å². The summed E-state index contributed by atoms with van der Waals surface area (Å²) in [6.07, 6.45) is -0.446. The fourth-order valence-electron chi connectivity index (χ4n) is 2.90. The van der Waals surface area contributed by atoms with E-state index < -0.39 is 33.7 Å². The second-order valence-electron chi connectivity index (χ2n) is 7.05. The molecule has 0 spiro atoms. The Hall–Kier alpha value is -3.03. The van der Waals surface area contributed by atoms with Gasteiger partial charge in [-0.3, -0.25) is 14.3 Å². The van der Waals surface area contributed by atoms with Crippen molar-refractivity contribution in [3.05, 3.63) is 97.6 Å². The zero-order valence-corrected chi connectivity index (χ0v) is 20.9. The molecular formula is C23H20INO8S. The fourth-order valence-corrected chi connectivity index (χ4v) is 4.15. The van der Waals surface area contributed by atoms with Gasteiger partial charge in [0.1, 0.15) is 11.9 Å². The maximum atomic E-state index is 12.4. The van der Waals surface area contributed by atoms with Gasteiger partial charge in [0, 0.05) is 9.64 Å². The number of nitrogens with zero attached hydrogens (tertiary/aromatic N) is 1. The van der Waals surface area contributed by atoms with E-state index in [2.05, 4.69) is 22.6 Å². The Morgan fingerprint density at radius 3 is 2.32 bits per heavy atom. The lowest BCUT2D eigenvalue weighted by Gasteiger charge is -2.14. The molecule has 0 aromatic heterocycles. The van der Waals surface area contributed by atoms with Crippen molar-refractivity contribution in [2.45, 2.75) is 24.5 Å². The first-order valence-electron chi connectivity index (χ1n) is 9.95. The van der Waals surface area contributed by atoms with Crippen LogP contribution in [-0.2, 0) is 30.4 Å². The van der Waals surface area contributed by atoms with E-state index in [0.717, 1.165) is 9.13 Å². The zero-order valence-electron chi connectivity index (χ0n) is 17.9. The molecule has 0 bridgehead atoms. The smallest absolute Gasteiger partial charge is 0.344 e. The molecule has 9 nitrogen and oxygen atoms in total. The molecule has 3 rings (SSSR count). The van der Waals surface area contributed by atoms with Crippen LogP contribution < -0.4 is 4.74 Å². The second-order valence-corrected chi connectivity index (χ2v) is 9.91. The SMILES string of the molecule is CC(OC(=O)COc1ccc(S(=O)(=O)OCc2ccccc2[N+](=O)[O-])cc1)c1ccc(I)cc1. The Morgan fingerprint density at radius 1 is 1.03 bits per heavy atom. The predicted molar refractivity (Wildman–Crippen MR) is 131 cm³/mol. The van der Waals surface area contributed by atoms with Crippen LogP contribution in [0.2, 0.25) is 0 Å². The molecule has 0 aliphatic carbocycles. The highest BCUT2D eigenvalue weighted by atomic mass is 127. The van der Waals surface area contributed by atoms with Gasteiger partial charge in [0.25, 0.3) is 15.8 Å². The predicted octanol–water partition coefficient (Wildman–Crippen LogP) is 4.79. The van der Waals surface area contributed by atoms with Crippen LogP contribution in [-0.4, -0.2) is 25.9 Å². The highest BCUT2D eigenvalue weighted by Gasteiger charge is 2.19. The number of carbonyl (C=O) groups excluding carboxylic acids is 1. The Morgan fingerprint density at radius 2 is 1.68 bits per heavy atom. The van der Waals surface area contributed by atoms with Crippen molar-refractivity contribution >= 4 is 44.4 Å². The van der Waals surface area contributed by atoms with Crippen molar-refractivity contribution < 1.29 is 31.8 Å². The molecule has 0 N–H and O–H groups in total. The number of hydrogen-bond acceptors (Lipinski definition) is 8. The first-order chi connectivity index (χ1) is 16.2. The largest absolute Gasteiger partial charge is 0.482 e. The van der Waals surface area contributed by atoms with Crippen molar-refractivity contribution in [2.75, 3.05) is 6.61 Å². The molecule has 0 radical (unpaired) electrons. The average molecular weight is 597 g/mol. The van der Waals surface area contributed by atoms with Crippen LogP contribution in [0.25, 0.3) is 0 Å². The molecule has 3 aromatic carbocycles. The van der Waals surface area contributed by atoms with Crippen molar-refractivity contribution in [1.82, 2.24) is 0 Å². The number of para-hydroxylation sites is 1. The average Bonchev–Trinajstić information content (AvgIpc) is 2.82. The highest BCUT2D eigenvalue weighted by molar-refractivity contribution is 14.1. The summed E-state index contributed by atoms with van der Waals surface area (Å²) in [5.74, 6) is -0.313. The molecule has 0 aliphatic rings. The van der Waals surface area contributed by atoms with Crippen molar-refractivity contribution in [1.29, 1.82) is 0 Å². The number of nitro benzene ring substituents is 1. The zero-order chi connectivity index (χ0) is 24.7. The lowest BCUT2D eigenvalue weighted by atomic mass is 10.1. The summed E-state index contributed by atoms with van der Waals surface area (Å²) in [4.78, 5) is 22.4. The van der Waals surface area contributed by atoms with E-state index in [0.29, 0.717) is 0 Å². The monoisotopic (exact) mass is 597 g/mol. The first kappa shape index (κ1) is 25.6. The first-order valence-corrected chi connectivity index (χ1v) is 12.4. The molecule has 0 saturated carbocycles. The number of halogens is 1.